The van der Waals surface area contributed by atoms with E-state index in [0.29, 0.717) is 5.56 Å². The normalized spacial score (nSPS) is 12.5. The quantitative estimate of drug-likeness (QED) is 0.693. The molecule has 0 atom stereocenters. The number of hydrogen-bond donors (Lipinski definition) is 0. The lowest BCUT2D eigenvalue weighted by molar-refractivity contribution is 0.148. The fourth-order valence-electron chi connectivity index (χ4n) is 1.31. The molecule has 0 aliphatic carbocycles. The van der Waals surface area contributed by atoms with E-state index in [4.69, 9.17) is 4.42 Å². The van der Waals surface area contributed by atoms with Gasteiger partial charge in [0, 0.05) is 6.42 Å². The highest BCUT2D eigenvalue weighted by Gasteiger charge is 2.21. The standard InChI is InChI=1S/C10H14F2O/c1-10(2,3)8-6-13-5-7(8)4-9(11)12/h5-6,9H,4H2,1-3H3. The molecule has 1 rings (SSSR count). The van der Waals surface area contributed by atoms with Gasteiger partial charge in [-0.05, 0) is 16.5 Å². The third-order valence-electron chi connectivity index (χ3n) is 1.92. The van der Waals surface area contributed by atoms with Crippen molar-refractivity contribution >= 4 is 0 Å². The molecule has 0 saturated carbocycles. The largest absolute Gasteiger partial charge is 0.472 e. The second kappa shape index (κ2) is 3.48. The zero-order valence-corrected chi connectivity index (χ0v) is 8.10. The van der Waals surface area contributed by atoms with Gasteiger partial charge >= 0.3 is 0 Å². The summed E-state index contributed by atoms with van der Waals surface area (Å²) in [4.78, 5) is 0. The van der Waals surface area contributed by atoms with Crippen LogP contribution in [0.25, 0.3) is 0 Å². The summed E-state index contributed by atoms with van der Waals surface area (Å²) in [5, 5.41) is 0. The molecule has 3 heteroatoms. The lowest BCUT2D eigenvalue weighted by Crippen LogP contribution is -2.13. The lowest BCUT2D eigenvalue weighted by atomic mass is 9.86. The molecule has 1 nitrogen and oxygen atoms in total. The monoisotopic (exact) mass is 188 g/mol. The number of rotatable bonds is 2. The predicted octanol–water partition coefficient (Wildman–Crippen LogP) is 3.38. The first-order valence-electron chi connectivity index (χ1n) is 4.25. The molecule has 13 heavy (non-hydrogen) atoms. The minimum atomic E-state index is -2.31. The highest BCUT2D eigenvalue weighted by molar-refractivity contribution is 5.28. The summed E-state index contributed by atoms with van der Waals surface area (Å²) < 4.78 is 29.2. The van der Waals surface area contributed by atoms with Gasteiger partial charge in [-0.3, -0.25) is 0 Å². The van der Waals surface area contributed by atoms with Crippen molar-refractivity contribution in [2.45, 2.75) is 39.0 Å². The zero-order valence-electron chi connectivity index (χ0n) is 8.10. The van der Waals surface area contributed by atoms with E-state index in [1.165, 1.54) is 6.26 Å². The summed E-state index contributed by atoms with van der Waals surface area (Å²) in [6.45, 7) is 5.94. The molecule has 0 spiro atoms. The molecule has 0 fully saturated rings. The Hall–Kier alpha value is -0.860. The van der Waals surface area contributed by atoms with Gasteiger partial charge in [-0.25, -0.2) is 8.78 Å². The minimum absolute atomic E-state index is 0.128. The van der Waals surface area contributed by atoms with Crippen LogP contribution in [0.1, 0.15) is 31.9 Å². The van der Waals surface area contributed by atoms with Crippen LogP contribution in [0.15, 0.2) is 16.9 Å². The van der Waals surface area contributed by atoms with Crippen molar-refractivity contribution in [1.29, 1.82) is 0 Å². The van der Waals surface area contributed by atoms with E-state index < -0.39 is 6.43 Å². The molecular formula is C10H14F2O. The summed E-state index contributed by atoms with van der Waals surface area (Å²) in [6.07, 6.45) is 0.437. The van der Waals surface area contributed by atoms with Gasteiger partial charge in [0.15, 0.2) is 0 Å². The molecule has 0 N–H and O–H groups in total. The molecule has 0 saturated heterocycles. The average Bonchev–Trinajstić information content (AvgIpc) is 2.31. The van der Waals surface area contributed by atoms with E-state index in [2.05, 4.69) is 0 Å². The fourth-order valence-corrected chi connectivity index (χ4v) is 1.31. The molecule has 0 aliphatic rings. The Morgan fingerprint density at radius 2 is 1.92 bits per heavy atom. The van der Waals surface area contributed by atoms with Gasteiger partial charge in [0.1, 0.15) is 0 Å². The first-order valence-corrected chi connectivity index (χ1v) is 4.25. The summed E-state index contributed by atoms with van der Waals surface area (Å²) in [6, 6.07) is 0. The number of halogens is 2. The van der Waals surface area contributed by atoms with Crippen LogP contribution in [0.4, 0.5) is 8.78 Å². The van der Waals surface area contributed by atoms with Crippen LogP contribution in [0.3, 0.4) is 0 Å². The Labute approximate surface area is 76.7 Å². The van der Waals surface area contributed by atoms with Crippen LogP contribution in [-0.4, -0.2) is 6.43 Å². The van der Waals surface area contributed by atoms with Crippen molar-refractivity contribution in [2.75, 3.05) is 0 Å². The maximum Gasteiger partial charge on any atom is 0.242 e. The highest BCUT2D eigenvalue weighted by Crippen LogP contribution is 2.27. The van der Waals surface area contributed by atoms with Gasteiger partial charge in [-0.1, -0.05) is 20.8 Å². The Balaban J connectivity index is 2.90. The van der Waals surface area contributed by atoms with Crippen molar-refractivity contribution in [3.05, 3.63) is 23.7 Å². The Bertz CT molecular complexity index is 271. The molecule has 0 bridgehead atoms. The first-order chi connectivity index (χ1) is 5.91. The van der Waals surface area contributed by atoms with E-state index in [1.54, 1.807) is 6.26 Å². The van der Waals surface area contributed by atoms with Gasteiger partial charge in [0.25, 0.3) is 0 Å². The van der Waals surface area contributed by atoms with Crippen molar-refractivity contribution in [3.8, 4) is 0 Å². The third kappa shape index (κ3) is 2.54. The van der Waals surface area contributed by atoms with Crippen LogP contribution < -0.4 is 0 Å². The van der Waals surface area contributed by atoms with E-state index in [9.17, 15) is 8.78 Å². The number of hydrogen-bond acceptors (Lipinski definition) is 1. The summed E-state index contributed by atoms with van der Waals surface area (Å²) in [5.74, 6) is 0. The number of furan rings is 1. The van der Waals surface area contributed by atoms with Gasteiger partial charge in [0.2, 0.25) is 6.43 Å². The summed E-state index contributed by atoms with van der Waals surface area (Å²) >= 11 is 0. The van der Waals surface area contributed by atoms with Crippen LogP contribution in [0.5, 0.6) is 0 Å². The fraction of sp³-hybridized carbons (Fsp3) is 0.600. The van der Waals surface area contributed by atoms with Crippen LogP contribution in [0.2, 0.25) is 0 Å². The van der Waals surface area contributed by atoms with Gasteiger partial charge in [-0.15, -0.1) is 0 Å². The molecule has 74 valence electrons. The molecular weight excluding hydrogens is 174 g/mol. The second-order valence-electron chi connectivity index (χ2n) is 4.16. The SMILES string of the molecule is CC(C)(C)c1cocc1CC(F)F. The average molecular weight is 188 g/mol. The van der Waals surface area contributed by atoms with Crippen molar-refractivity contribution in [3.63, 3.8) is 0 Å². The van der Waals surface area contributed by atoms with Gasteiger partial charge in [-0.2, -0.15) is 0 Å². The van der Waals surface area contributed by atoms with E-state index >= 15 is 0 Å². The topological polar surface area (TPSA) is 13.1 Å². The third-order valence-corrected chi connectivity index (χ3v) is 1.92. The zero-order chi connectivity index (χ0) is 10.1. The lowest BCUT2D eigenvalue weighted by Gasteiger charge is -2.18. The molecule has 1 aromatic rings. The van der Waals surface area contributed by atoms with Crippen LogP contribution >= 0.6 is 0 Å². The Kier molecular flexibility index (Phi) is 2.74. The van der Waals surface area contributed by atoms with Crippen LogP contribution in [-0.2, 0) is 11.8 Å². The molecule has 1 aromatic heterocycles. The van der Waals surface area contributed by atoms with Gasteiger partial charge in [0.05, 0.1) is 12.5 Å². The van der Waals surface area contributed by atoms with Gasteiger partial charge < -0.3 is 4.42 Å². The molecule has 0 aromatic carbocycles. The van der Waals surface area contributed by atoms with E-state index in [1.807, 2.05) is 20.8 Å². The van der Waals surface area contributed by atoms with Crippen LogP contribution in [0, 0.1) is 0 Å². The first kappa shape index (κ1) is 10.2. The smallest absolute Gasteiger partial charge is 0.242 e. The van der Waals surface area contributed by atoms with Crippen molar-refractivity contribution in [1.82, 2.24) is 0 Å². The molecule has 0 radical (unpaired) electrons. The van der Waals surface area contributed by atoms with E-state index in [0.717, 1.165) is 5.56 Å². The summed E-state index contributed by atoms with van der Waals surface area (Å²) in [7, 11) is 0. The Morgan fingerprint density at radius 1 is 1.31 bits per heavy atom. The van der Waals surface area contributed by atoms with Crippen molar-refractivity contribution in [2.24, 2.45) is 0 Å². The predicted molar refractivity (Wildman–Crippen MR) is 47.1 cm³/mol. The highest BCUT2D eigenvalue weighted by atomic mass is 19.3. The number of alkyl halides is 2. The molecule has 0 aliphatic heterocycles. The minimum Gasteiger partial charge on any atom is -0.472 e. The van der Waals surface area contributed by atoms with Crippen molar-refractivity contribution < 1.29 is 13.2 Å². The molecule has 1 heterocycles. The molecule has 0 unspecified atom stereocenters. The molecule has 0 amide bonds. The maximum absolute atomic E-state index is 12.1. The maximum atomic E-state index is 12.1. The van der Waals surface area contributed by atoms with E-state index in [-0.39, 0.29) is 11.8 Å². The summed E-state index contributed by atoms with van der Waals surface area (Å²) in [5.41, 5.74) is 1.35. The second-order valence-corrected chi connectivity index (χ2v) is 4.16. The Morgan fingerprint density at radius 3 is 2.38 bits per heavy atom.